The van der Waals surface area contributed by atoms with Gasteiger partial charge >= 0.3 is 5.97 Å². The highest BCUT2D eigenvalue weighted by atomic mass is 35.5. The third-order valence-electron chi connectivity index (χ3n) is 5.92. The third kappa shape index (κ3) is 5.21. The van der Waals surface area contributed by atoms with Crippen molar-refractivity contribution in [2.75, 3.05) is 11.9 Å². The van der Waals surface area contributed by atoms with Crippen LogP contribution in [-0.4, -0.2) is 24.6 Å². The number of nitrogens with one attached hydrogen (secondary N) is 1. The Labute approximate surface area is 189 Å². The fourth-order valence-corrected chi connectivity index (χ4v) is 4.15. The smallest absolute Gasteiger partial charge is 0.341 e. The first-order chi connectivity index (χ1) is 14.9. The molecule has 6 heteroatoms. The van der Waals surface area contributed by atoms with E-state index in [4.69, 9.17) is 21.1 Å². The molecule has 1 saturated carbocycles. The normalized spacial score (nSPS) is 15.9. The molecule has 1 aliphatic carbocycles. The first kappa shape index (κ1) is 23.1. The van der Waals surface area contributed by atoms with E-state index in [1.165, 1.54) is 0 Å². The molecule has 0 saturated heterocycles. The summed E-state index contributed by atoms with van der Waals surface area (Å²) in [6.07, 6.45) is 4.31. The minimum absolute atomic E-state index is 0.0414. The number of carbonyl (C=O) groups is 2. The standard InChI is InChI=1S/C25H30ClNO4/c1-4-17(3)31-22-13-12-20(16-21(22)23(28)30-5-2)27-24(29)25(14-6-7-15-25)18-8-10-19(26)11-9-18/h8-13,16-17H,4-7,14-15H2,1-3H3,(H,27,29)/t17-/m1/s1. The van der Waals surface area contributed by atoms with Gasteiger partial charge in [-0.15, -0.1) is 0 Å². The lowest BCUT2D eigenvalue weighted by atomic mass is 9.78. The maximum atomic E-state index is 13.4. The molecule has 0 unspecified atom stereocenters. The maximum absolute atomic E-state index is 13.4. The van der Waals surface area contributed by atoms with E-state index in [0.29, 0.717) is 22.0 Å². The van der Waals surface area contributed by atoms with Crippen molar-refractivity contribution in [2.24, 2.45) is 0 Å². The average molecular weight is 444 g/mol. The Kier molecular flexibility index (Phi) is 7.60. The summed E-state index contributed by atoms with van der Waals surface area (Å²) in [7, 11) is 0. The van der Waals surface area contributed by atoms with Crippen molar-refractivity contribution in [3.63, 3.8) is 0 Å². The second kappa shape index (κ2) is 10.2. The molecule has 0 spiro atoms. The molecule has 5 nitrogen and oxygen atoms in total. The molecule has 1 atom stereocenters. The Balaban J connectivity index is 1.89. The van der Waals surface area contributed by atoms with Crippen LogP contribution >= 0.6 is 11.6 Å². The summed E-state index contributed by atoms with van der Waals surface area (Å²) in [6.45, 7) is 5.98. The van der Waals surface area contributed by atoms with Gasteiger partial charge in [-0.2, -0.15) is 0 Å². The molecule has 0 radical (unpaired) electrons. The number of ether oxygens (including phenoxy) is 2. The summed E-state index contributed by atoms with van der Waals surface area (Å²) in [5, 5.41) is 3.68. The number of benzene rings is 2. The van der Waals surface area contributed by atoms with E-state index in [1.54, 1.807) is 25.1 Å². The van der Waals surface area contributed by atoms with E-state index in [1.807, 2.05) is 38.1 Å². The first-order valence-electron chi connectivity index (χ1n) is 10.9. The van der Waals surface area contributed by atoms with Crippen LogP contribution in [-0.2, 0) is 14.9 Å². The number of carbonyl (C=O) groups excluding carboxylic acids is 2. The predicted molar refractivity (Wildman–Crippen MR) is 123 cm³/mol. The largest absolute Gasteiger partial charge is 0.490 e. The van der Waals surface area contributed by atoms with E-state index >= 15 is 0 Å². The van der Waals surface area contributed by atoms with Crippen LogP contribution in [0.1, 0.15) is 68.8 Å². The zero-order valence-corrected chi connectivity index (χ0v) is 19.1. The van der Waals surface area contributed by atoms with Crippen molar-refractivity contribution < 1.29 is 19.1 Å². The van der Waals surface area contributed by atoms with Crippen LogP contribution in [0.25, 0.3) is 0 Å². The van der Waals surface area contributed by atoms with Crippen LogP contribution in [0.5, 0.6) is 5.75 Å². The number of anilines is 1. The van der Waals surface area contributed by atoms with Crippen LogP contribution in [0.2, 0.25) is 5.02 Å². The van der Waals surface area contributed by atoms with Crippen molar-refractivity contribution in [2.45, 2.75) is 64.4 Å². The Morgan fingerprint density at radius 2 is 1.77 bits per heavy atom. The highest BCUT2D eigenvalue weighted by Crippen LogP contribution is 2.42. The summed E-state index contributed by atoms with van der Waals surface area (Å²) >= 11 is 6.05. The van der Waals surface area contributed by atoms with E-state index in [0.717, 1.165) is 37.7 Å². The molecular formula is C25H30ClNO4. The zero-order chi connectivity index (χ0) is 22.4. The number of hydrogen-bond donors (Lipinski definition) is 1. The van der Waals surface area contributed by atoms with Crippen molar-refractivity contribution in [1.29, 1.82) is 0 Å². The Hall–Kier alpha value is -2.53. The monoisotopic (exact) mass is 443 g/mol. The van der Waals surface area contributed by atoms with Gasteiger partial charge in [0.1, 0.15) is 11.3 Å². The molecule has 31 heavy (non-hydrogen) atoms. The number of amides is 1. The summed E-state index contributed by atoms with van der Waals surface area (Å²) in [5.41, 5.74) is 1.23. The zero-order valence-electron chi connectivity index (χ0n) is 18.4. The molecule has 3 rings (SSSR count). The van der Waals surface area contributed by atoms with E-state index in [-0.39, 0.29) is 18.6 Å². The number of hydrogen-bond acceptors (Lipinski definition) is 4. The molecule has 1 amide bonds. The molecule has 166 valence electrons. The number of halogens is 1. The van der Waals surface area contributed by atoms with Crippen LogP contribution in [0, 0.1) is 0 Å². The van der Waals surface area contributed by atoms with Crippen molar-refractivity contribution in [1.82, 2.24) is 0 Å². The Bertz CT molecular complexity index is 920. The molecule has 0 heterocycles. The molecule has 0 aliphatic heterocycles. The summed E-state index contributed by atoms with van der Waals surface area (Å²) < 4.78 is 11.1. The molecule has 2 aromatic carbocycles. The first-order valence-corrected chi connectivity index (χ1v) is 11.3. The summed E-state index contributed by atoms with van der Waals surface area (Å²) in [6, 6.07) is 12.6. The molecule has 1 aliphatic rings. The van der Waals surface area contributed by atoms with Crippen LogP contribution in [0.4, 0.5) is 5.69 Å². The van der Waals surface area contributed by atoms with Gasteiger partial charge in [-0.3, -0.25) is 4.79 Å². The summed E-state index contributed by atoms with van der Waals surface area (Å²) in [5.74, 6) is -0.0815. The van der Waals surface area contributed by atoms with Gasteiger partial charge < -0.3 is 14.8 Å². The van der Waals surface area contributed by atoms with Crippen LogP contribution in [0.15, 0.2) is 42.5 Å². The quantitative estimate of drug-likeness (QED) is 0.497. The fourth-order valence-electron chi connectivity index (χ4n) is 4.02. The van der Waals surface area contributed by atoms with Gasteiger partial charge in [-0.25, -0.2) is 4.79 Å². The van der Waals surface area contributed by atoms with E-state index in [9.17, 15) is 9.59 Å². The van der Waals surface area contributed by atoms with E-state index < -0.39 is 11.4 Å². The fraction of sp³-hybridized carbons (Fsp3) is 0.440. The van der Waals surface area contributed by atoms with Gasteiger partial charge in [0.15, 0.2) is 0 Å². The average Bonchev–Trinajstić information content (AvgIpc) is 3.26. The highest BCUT2D eigenvalue weighted by Gasteiger charge is 2.42. The van der Waals surface area contributed by atoms with Gasteiger partial charge in [-0.05, 0) is 69.0 Å². The Morgan fingerprint density at radius 1 is 1.10 bits per heavy atom. The van der Waals surface area contributed by atoms with Crippen LogP contribution < -0.4 is 10.1 Å². The highest BCUT2D eigenvalue weighted by molar-refractivity contribution is 6.30. The molecule has 0 bridgehead atoms. The maximum Gasteiger partial charge on any atom is 0.341 e. The van der Waals surface area contributed by atoms with Crippen molar-refractivity contribution >= 4 is 29.2 Å². The van der Waals surface area contributed by atoms with Gasteiger partial charge in [0, 0.05) is 10.7 Å². The topological polar surface area (TPSA) is 64.6 Å². The van der Waals surface area contributed by atoms with Gasteiger partial charge in [0.2, 0.25) is 5.91 Å². The van der Waals surface area contributed by atoms with Crippen molar-refractivity contribution in [3.8, 4) is 5.75 Å². The molecule has 1 fully saturated rings. The lowest BCUT2D eigenvalue weighted by Gasteiger charge is -2.28. The number of esters is 1. The lowest BCUT2D eigenvalue weighted by Crippen LogP contribution is -2.38. The van der Waals surface area contributed by atoms with Crippen LogP contribution in [0.3, 0.4) is 0 Å². The molecule has 1 N–H and O–H groups in total. The predicted octanol–water partition coefficient (Wildman–Crippen LogP) is 6.14. The second-order valence-electron chi connectivity index (χ2n) is 8.02. The molecular weight excluding hydrogens is 414 g/mol. The molecule has 2 aromatic rings. The third-order valence-corrected chi connectivity index (χ3v) is 6.18. The minimum Gasteiger partial charge on any atom is -0.490 e. The van der Waals surface area contributed by atoms with Crippen molar-refractivity contribution in [3.05, 3.63) is 58.6 Å². The van der Waals surface area contributed by atoms with Gasteiger partial charge in [0.05, 0.1) is 18.1 Å². The SMILES string of the molecule is CCOC(=O)c1cc(NC(=O)C2(c3ccc(Cl)cc3)CCCC2)ccc1O[C@H](C)CC. The molecule has 0 aromatic heterocycles. The van der Waals surface area contributed by atoms with E-state index in [2.05, 4.69) is 5.32 Å². The van der Waals surface area contributed by atoms with Gasteiger partial charge in [0.25, 0.3) is 0 Å². The minimum atomic E-state index is -0.597. The number of rotatable bonds is 8. The lowest BCUT2D eigenvalue weighted by molar-refractivity contribution is -0.121. The Morgan fingerprint density at radius 3 is 2.39 bits per heavy atom. The second-order valence-corrected chi connectivity index (χ2v) is 8.45. The summed E-state index contributed by atoms with van der Waals surface area (Å²) in [4.78, 5) is 26.0. The van der Waals surface area contributed by atoms with Gasteiger partial charge in [-0.1, -0.05) is 43.5 Å².